The standard InChI is InChI=1S/C72H78F2N6O12/c1-43(2)67-65(63(45-13-7-5-8-14-45)69(47-19-23-49(73)24-20-47)79(67)37-35-55(81)39-57(83)41-61(87)88)71(91)77-53-31-27-51(28-32-53)75-59(85)17-11-12-18-60(86)76-52-29-33-54(34-30-52)78-72(92)66-64(46-15-9-6-10-16-46)70(48-21-25-50(74)26-22-48)80(68(66)44(3)4)38-36-56(82)40-58(84)42-62(89)90/h5-10,13-16,19-34,43-44,55-58,81-84H,11-12,17-18,35-42H2,1-4H3,(H,75,85)(H,76,86)(H,77,91)(H,78,92)(H,87,88)(H,89,90)/t55-,56?,57-,58?/m1/s1. The van der Waals surface area contributed by atoms with E-state index < -0.39 is 72.6 Å². The molecule has 6 aromatic carbocycles. The zero-order chi connectivity index (χ0) is 66.2. The largest absolute Gasteiger partial charge is 0.481 e. The minimum absolute atomic E-state index is 0.105. The zero-order valence-electron chi connectivity index (χ0n) is 51.7. The summed E-state index contributed by atoms with van der Waals surface area (Å²) in [5.74, 6) is -5.26. The monoisotopic (exact) mass is 1260 g/mol. The molecule has 8 aromatic rings. The molecule has 0 aliphatic carbocycles. The van der Waals surface area contributed by atoms with Crippen LogP contribution in [-0.2, 0) is 32.3 Å². The Morgan fingerprint density at radius 2 is 0.728 bits per heavy atom. The summed E-state index contributed by atoms with van der Waals surface area (Å²) in [6.45, 7) is 8.07. The number of aliphatic hydroxyl groups is 4. The molecule has 20 heteroatoms. The second kappa shape index (κ2) is 31.9. The fourth-order valence-corrected chi connectivity index (χ4v) is 11.7. The highest BCUT2D eigenvalue weighted by atomic mass is 19.1. The number of anilines is 4. The van der Waals surface area contributed by atoms with Gasteiger partial charge in [-0.25, -0.2) is 8.78 Å². The van der Waals surface area contributed by atoms with Gasteiger partial charge in [-0.15, -0.1) is 0 Å². The van der Waals surface area contributed by atoms with E-state index >= 15 is 0 Å². The van der Waals surface area contributed by atoms with E-state index in [2.05, 4.69) is 21.3 Å². The summed E-state index contributed by atoms with van der Waals surface area (Å²) >= 11 is 0. The second-order valence-electron chi connectivity index (χ2n) is 23.6. The third-order valence-corrected chi connectivity index (χ3v) is 15.7. The Hall–Kier alpha value is -9.60. The van der Waals surface area contributed by atoms with Gasteiger partial charge < -0.3 is 61.0 Å². The molecule has 2 heterocycles. The maximum atomic E-state index is 14.8. The highest BCUT2D eigenvalue weighted by Crippen LogP contribution is 2.45. The highest BCUT2D eigenvalue weighted by molar-refractivity contribution is 6.14. The topological polar surface area (TPSA) is 282 Å². The molecule has 4 atom stereocenters. The molecular weight excluding hydrogens is 1180 g/mol. The normalized spacial score (nSPS) is 12.7. The van der Waals surface area contributed by atoms with Gasteiger partial charge in [0.15, 0.2) is 0 Å². The molecule has 482 valence electrons. The number of carboxylic acid groups (broad SMARTS) is 2. The van der Waals surface area contributed by atoms with Crippen LogP contribution in [0.5, 0.6) is 0 Å². The van der Waals surface area contributed by atoms with E-state index in [1.54, 1.807) is 72.8 Å². The van der Waals surface area contributed by atoms with Gasteiger partial charge in [0.05, 0.1) is 59.8 Å². The second-order valence-corrected chi connectivity index (χ2v) is 23.6. The van der Waals surface area contributed by atoms with Crippen LogP contribution in [0.2, 0.25) is 0 Å². The quantitative estimate of drug-likeness (QED) is 0.0182. The fourth-order valence-electron chi connectivity index (χ4n) is 11.7. The molecule has 2 unspecified atom stereocenters. The fraction of sp³-hybridized carbons (Fsp3) is 0.306. The molecule has 0 radical (unpaired) electrons. The van der Waals surface area contributed by atoms with Crippen LogP contribution in [0.15, 0.2) is 158 Å². The highest BCUT2D eigenvalue weighted by Gasteiger charge is 2.33. The first-order valence-electron chi connectivity index (χ1n) is 30.8. The molecule has 0 aliphatic heterocycles. The molecule has 0 saturated carbocycles. The van der Waals surface area contributed by atoms with Crippen molar-refractivity contribution in [3.05, 3.63) is 192 Å². The number of halogens is 2. The van der Waals surface area contributed by atoms with Crippen molar-refractivity contribution in [1.82, 2.24) is 9.13 Å². The summed E-state index contributed by atoms with van der Waals surface area (Å²) in [5.41, 5.74) is 8.76. The van der Waals surface area contributed by atoms with E-state index in [4.69, 9.17) is 0 Å². The number of carbonyl (C=O) groups excluding carboxylic acids is 4. The summed E-state index contributed by atoms with van der Waals surface area (Å²) in [4.78, 5) is 78.3. The van der Waals surface area contributed by atoms with Gasteiger partial charge in [0, 0.05) is 71.2 Å². The van der Waals surface area contributed by atoms with Crippen LogP contribution in [0.1, 0.15) is 136 Å². The van der Waals surface area contributed by atoms with Gasteiger partial charge in [0.2, 0.25) is 11.8 Å². The van der Waals surface area contributed by atoms with E-state index in [9.17, 15) is 68.2 Å². The van der Waals surface area contributed by atoms with Crippen LogP contribution in [0.25, 0.3) is 44.8 Å². The minimum Gasteiger partial charge on any atom is -0.481 e. The number of nitrogens with one attached hydrogen (secondary N) is 4. The predicted molar refractivity (Wildman–Crippen MR) is 350 cm³/mol. The van der Waals surface area contributed by atoms with Crippen molar-refractivity contribution >= 4 is 58.3 Å². The van der Waals surface area contributed by atoms with Crippen molar-refractivity contribution in [2.45, 2.75) is 141 Å². The van der Waals surface area contributed by atoms with E-state index in [1.807, 2.05) is 97.5 Å². The molecule has 2 aromatic heterocycles. The van der Waals surface area contributed by atoms with Gasteiger partial charge >= 0.3 is 11.9 Å². The minimum atomic E-state index is -1.27. The summed E-state index contributed by atoms with van der Waals surface area (Å²) in [6, 6.07) is 43.6. The van der Waals surface area contributed by atoms with E-state index in [1.165, 1.54) is 24.3 Å². The Bertz CT molecular complexity index is 3580. The number of hydrogen-bond donors (Lipinski definition) is 10. The Morgan fingerprint density at radius 3 is 1.03 bits per heavy atom. The molecule has 0 fully saturated rings. The number of benzene rings is 6. The summed E-state index contributed by atoms with van der Waals surface area (Å²) in [7, 11) is 0. The Balaban J connectivity index is 0.891. The van der Waals surface area contributed by atoms with Crippen LogP contribution < -0.4 is 21.3 Å². The van der Waals surface area contributed by atoms with Crippen LogP contribution in [0, 0.1) is 11.6 Å². The summed E-state index contributed by atoms with van der Waals surface area (Å²) in [6.07, 6.45) is -4.84. The van der Waals surface area contributed by atoms with Crippen molar-refractivity contribution in [2.75, 3.05) is 21.3 Å². The molecule has 0 spiro atoms. The van der Waals surface area contributed by atoms with Gasteiger partial charge in [-0.05, 0) is 170 Å². The van der Waals surface area contributed by atoms with E-state index in [-0.39, 0.29) is 75.3 Å². The maximum absolute atomic E-state index is 14.8. The molecule has 10 N–H and O–H groups in total. The van der Waals surface area contributed by atoms with Crippen LogP contribution in [0.4, 0.5) is 31.5 Å². The SMILES string of the molecule is CC(C)c1c(C(=O)Nc2ccc(NC(=O)CCCCC(=O)Nc3ccc(NC(=O)c4c(-c5ccccc5)c(-c5ccc(F)cc5)n(CC[C@@H](O)C[C@@H](O)CC(=O)O)c4C(C)C)cc3)cc2)c(-c2ccccc2)c(-c2ccc(F)cc2)n1CCC(O)CC(O)CC(=O)O. The lowest BCUT2D eigenvalue weighted by Gasteiger charge is -2.20. The smallest absolute Gasteiger partial charge is 0.305 e. The van der Waals surface area contributed by atoms with Gasteiger partial charge in [-0.3, -0.25) is 28.8 Å². The Kier molecular flexibility index (Phi) is 23.7. The first kappa shape index (κ1) is 68.3. The number of carbonyl (C=O) groups is 6. The molecule has 92 heavy (non-hydrogen) atoms. The molecule has 4 amide bonds. The Labute approximate surface area is 532 Å². The van der Waals surface area contributed by atoms with Crippen molar-refractivity contribution in [2.24, 2.45) is 0 Å². The van der Waals surface area contributed by atoms with E-state index in [0.29, 0.717) is 103 Å². The van der Waals surface area contributed by atoms with Crippen LogP contribution in [-0.4, -0.2) is 99.8 Å². The van der Waals surface area contributed by atoms with Crippen LogP contribution >= 0.6 is 0 Å². The average molecular weight is 1260 g/mol. The summed E-state index contributed by atoms with van der Waals surface area (Å²) < 4.78 is 32.7. The predicted octanol–water partition coefficient (Wildman–Crippen LogP) is 13.1. The first-order chi connectivity index (χ1) is 44.0. The lowest BCUT2D eigenvalue weighted by Crippen LogP contribution is -2.22. The number of unbranched alkanes of at least 4 members (excludes halogenated alkanes) is 1. The molecule has 0 bridgehead atoms. The molecule has 0 saturated heterocycles. The number of aliphatic carboxylic acids is 2. The molecule has 0 aliphatic rings. The average Bonchev–Trinajstić information content (AvgIpc) is 1.60. The number of amides is 4. The third kappa shape index (κ3) is 18.1. The van der Waals surface area contributed by atoms with E-state index in [0.717, 1.165) is 0 Å². The van der Waals surface area contributed by atoms with Gasteiger partial charge in [-0.2, -0.15) is 0 Å². The van der Waals surface area contributed by atoms with Crippen molar-refractivity contribution in [1.29, 1.82) is 0 Å². The van der Waals surface area contributed by atoms with Crippen molar-refractivity contribution < 1.29 is 68.2 Å². The van der Waals surface area contributed by atoms with Gasteiger partial charge in [0.1, 0.15) is 11.6 Å². The lowest BCUT2D eigenvalue weighted by atomic mass is 9.94. The molecule has 18 nitrogen and oxygen atoms in total. The maximum Gasteiger partial charge on any atom is 0.305 e. The third-order valence-electron chi connectivity index (χ3n) is 15.7. The molecular formula is C72H78F2N6O12. The number of hydrogen-bond acceptors (Lipinski definition) is 10. The van der Waals surface area contributed by atoms with Crippen molar-refractivity contribution in [3.63, 3.8) is 0 Å². The van der Waals surface area contributed by atoms with Gasteiger partial charge in [-0.1, -0.05) is 88.4 Å². The zero-order valence-corrected chi connectivity index (χ0v) is 51.7. The Morgan fingerprint density at radius 1 is 0.413 bits per heavy atom. The first-order valence-corrected chi connectivity index (χ1v) is 30.8. The summed E-state index contributed by atoms with van der Waals surface area (Å²) in [5, 5.41) is 72.7. The number of aromatic nitrogens is 2. The lowest BCUT2D eigenvalue weighted by molar-refractivity contribution is -0.140. The molecule has 8 rings (SSSR count). The van der Waals surface area contributed by atoms with Gasteiger partial charge in [0.25, 0.3) is 11.8 Å². The number of carboxylic acids is 2. The number of nitrogens with zero attached hydrogens (tertiary/aromatic N) is 2. The number of rotatable bonds is 31. The van der Waals surface area contributed by atoms with Crippen LogP contribution in [0.3, 0.4) is 0 Å². The number of aliphatic hydroxyl groups excluding tert-OH is 4. The van der Waals surface area contributed by atoms with Crippen molar-refractivity contribution in [3.8, 4) is 44.8 Å².